The van der Waals surface area contributed by atoms with Gasteiger partial charge >= 0.3 is 6.03 Å². The van der Waals surface area contributed by atoms with Gasteiger partial charge in [-0.2, -0.15) is 0 Å². The van der Waals surface area contributed by atoms with Crippen LogP contribution in [0.3, 0.4) is 0 Å². The summed E-state index contributed by atoms with van der Waals surface area (Å²) in [6.07, 6.45) is 0. The number of carbonyl (C=O) groups is 2. The first-order valence-corrected chi connectivity index (χ1v) is 6.51. The first kappa shape index (κ1) is 16.0. The number of phenols is 3. The molecule has 0 saturated heterocycles. The molecule has 0 aliphatic rings. The number of hydrogen-bond acceptors (Lipinski definition) is 6. The highest BCUT2D eigenvalue weighted by molar-refractivity contribution is 6.18. The van der Waals surface area contributed by atoms with Crippen LogP contribution in [0.25, 0.3) is 0 Å². The van der Waals surface area contributed by atoms with Gasteiger partial charge in [-0.05, 0) is 18.2 Å². The highest BCUT2D eigenvalue weighted by Gasteiger charge is 2.21. The molecule has 2 rings (SSSR count). The maximum atomic E-state index is 12.3. The van der Waals surface area contributed by atoms with E-state index in [2.05, 4.69) is 5.32 Å². The summed E-state index contributed by atoms with van der Waals surface area (Å²) in [6.45, 7) is 1.20. The van der Waals surface area contributed by atoms with E-state index in [1.54, 1.807) is 12.1 Å². The summed E-state index contributed by atoms with van der Waals surface area (Å²) in [7, 11) is 0. The summed E-state index contributed by atoms with van der Waals surface area (Å²) in [5.74, 6) is -2.49. The van der Waals surface area contributed by atoms with Gasteiger partial charge in [-0.15, -0.1) is 0 Å². The smallest absolute Gasteiger partial charge is 0.333 e. The zero-order chi connectivity index (χ0) is 17.1. The maximum Gasteiger partial charge on any atom is 0.333 e. The molecule has 0 unspecified atom stereocenters. The molecule has 120 valence electrons. The van der Waals surface area contributed by atoms with Crippen LogP contribution in [0.2, 0.25) is 0 Å². The van der Waals surface area contributed by atoms with Crippen molar-refractivity contribution in [2.24, 2.45) is 0 Å². The molecule has 0 heterocycles. The Morgan fingerprint density at radius 3 is 2.22 bits per heavy atom. The Labute approximate surface area is 131 Å². The molecule has 3 amide bonds. The number of amides is 3. The summed E-state index contributed by atoms with van der Waals surface area (Å²) in [4.78, 5) is 24.9. The second kappa shape index (κ2) is 6.14. The highest BCUT2D eigenvalue weighted by Crippen LogP contribution is 2.37. The SMILES string of the molecule is CC(=O)N(C(=O)Nc1cc(O)c(O)c(O)c1)c1cccc(N)c1. The fourth-order valence-corrected chi connectivity index (χ4v) is 1.96. The maximum absolute atomic E-state index is 12.3. The van der Waals surface area contributed by atoms with Gasteiger partial charge in [-0.25, -0.2) is 9.69 Å². The van der Waals surface area contributed by atoms with Crippen LogP contribution in [0.1, 0.15) is 6.92 Å². The third kappa shape index (κ3) is 3.43. The molecule has 0 radical (unpaired) electrons. The number of anilines is 3. The van der Waals surface area contributed by atoms with Gasteiger partial charge in [0.25, 0.3) is 0 Å². The molecule has 2 aromatic rings. The van der Waals surface area contributed by atoms with E-state index in [9.17, 15) is 24.9 Å². The van der Waals surface area contributed by atoms with E-state index in [-0.39, 0.29) is 11.4 Å². The summed E-state index contributed by atoms with van der Waals surface area (Å²) >= 11 is 0. The predicted molar refractivity (Wildman–Crippen MR) is 84.5 cm³/mol. The van der Waals surface area contributed by atoms with Crippen molar-refractivity contribution < 1.29 is 24.9 Å². The topological polar surface area (TPSA) is 136 Å². The summed E-state index contributed by atoms with van der Waals surface area (Å²) < 4.78 is 0. The van der Waals surface area contributed by atoms with Crippen LogP contribution in [-0.4, -0.2) is 27.3 Å². The van der Waals surface area contributed by atoms with Gasteiger partial charge in [0.15, 0.2) is 17.2 Å². The number of imide groups is 1. The fraction of sp³-hybridized carbons (Fsp3) is 0.0667. The fourth-order valence-electron chi connectivity index (χ4n) is 1.96. The zero-order valence-corrected chi connectivity index (χ0v) is 12.1. The molecule has 0 aliphatic carbocycles. The van der Waals surface area contributed by atoms with Crippen LogP contribution in [0.15, 0.2) is 36.4 Å². The summed E-state index contributed by atoms with van der Waals surface area (Å²) in [5, 5.41) is 30.5. The Balaban J connectivity index is 2.31. The largest absolute Gasteiger partial charge is 0.504 e. The molecule has 0 aliphatic heterocycles. The Kier molecular flexibility index (Phi) is 4.26. The number of carbonyl (C=O) groups excluding carboxylic acids is 2. The minimum atomic E-state index is -0.812. The number of benzene rings is 2. The van der Waals surface area contributed by atoms with Crippen molar-refractivity contribution in [1.82, 2.24) is 0 Å². The number of hydrogen-bond donors (Lipinski definition) is 5. The molecule has 2 aromatic carbocycles. The highest BCUT2D eigenvalue weighted by atomic mass is 16.3. The Morgan fingerprint density at radius 2 is 1.70 bits per heavy atom. The number of rotatable bonds is 2. The third-order valence-corrected chi connectivity index (χ3v) is 2.97. The molecular formula is C15H15N3O5. The molecule has 0 aromatic heterocycles. The van der Waals surface area contributed by atoms with Crippen molar-refractivity contribution in [3.05, 3.63) is 36.4 Å². The van der Waals surface area contributed by atoms with Gasteiger partial charge in [0.05, 0.1) is 11.4 Å². The number of urea groups is 1. The lowest BCUT2D eigenvalue weighted by molar-refractivity contribution is -0.115. The van der Waals surface area contributed by atoms with Gasteiger partial charge in [0.2, 0.25) is 5.91 Å². The monoisotopic (exact) mass is 317 g/mol. The quantitative estimate of drug-likeness (QED) is 0.326. The Morgan fingerprint density at radius 1 is 1.09 bits per heavy atom. The van der Waals surface area contributed by atoms with Crippen LogP contribution in [0.5, 0.6) is 17.2 Å². The minimum Gasteiger partial charge on any atom is -0.504 e. The van der Waals surface area contributed by atoms with E-state index in [1.807, 2.05) is 0 Å². The lowest BCUT2D eigenvalue weighted by Crippen LogP contribution is -2.38. The van der Waals surface area contributed by atoms with E-state index in [1.165, 1.54) is 19.1 Å². The lowest BCUT2D eigenvalue weighted by Gasteiger charge is -2.20. The average Bonchev–Trinajstić information content (AvgIpc) is 2.44. The van der Waals surface area contributed by atoms with Crippen molar-refractivity contribution in [1.29, 1.82) is 0 Å². The first-order valence-electron chi connectivity index (χ1n) is 6.51. The number of nitrogens with two attached hydrogens (primary N) is 1. The number of phenolic OH excluding ortho intramolecular Hbond substituents is 3. The number of nitrogens with zero attached hydrogens (tertiary/aromatic N) is 1. The van der Waals surface area contributed by atoms with E-state index in [0.717, 1.165) is 17.0 Å². The molecule has 0 spiro atoms. The predicted octanol–water partition coefficient (Wildman–Crippen LogP) is 1.97. The zero-order valence-electron chi connectivity index (χ0n) is 12.1. The lowest BCUT2D eigenvalue weighted by atomic mass is 10.2. The van der Waals surface area contributed by atoms with Gasteiger partial charge in [-0.1, -0.05) is 6.07 Å². The van der Waals surface area contributed by atoms with Crippen molar-refractivity contribution in [2.45, 2.75) is 6.92 Å². The standard InChI is InChI=1S/C15H15N3O5/c1-8(19)18(11-4-2-3-9(16)5-11)15(23)17-10-6-12(20)14(22)13(21)7-10/h2-7,20-22H,16H2,1H3,(H,17,23). The van der Waals surface area contributed by atoms with Crippen molar-refractivity contribution in [3.63, 3.8) is 0 Å². The van der Waals surface area contributed by atoms with Crippen LogP contribution < -0.4 is 16.0 Å². The number of nitrogen functional groups attached to an aromatic ring is 1. The Bertz CT molecular complexity index is 752. The van der Waals surface area contributed by atoms with Crippen molar-refractivity contribution in [2.75, 3.05) is 16.0 Å². The summed E-state index contributed by atoms with van der Waals surface area (Å²) in [5.41, 5.74) is 6.28. The Hall–Kier alpha value is -3.42. The van der Waals surface area contributed by atoms with Gasteiger partial charge < -0.3 is 26.4 Å². The van der Waals surface area contributed by atoms with Crippen LogP contribution in [0, 0.1) is 0 Å². The molecule has 0 atom stereocenters. The third-order valence-electron chi connectivity index (χ3n) is 2.97. The van der Waals surface area contributed by atoms with Crippen molar-refractivity contribution >= 4 is 29.0 Å². The van der Waals surface area contributed by atoms with Crippen LogP contribution in [0.4, 0.5) is 21.9 Å². The van der Waals surface area contributed by atoms with Gasteiger partial charge in [0, 0.05) is 24.7 Å². The number of aromatic hydroxyl groups is 3. The summed E-state index contributed by atoms with van der Waals surface area (Å²) in [6, 6.07) is 7.43. The molecule has 0 saturated carbocycles. The average molecular weight is 317 g/mol. The van der Waals surface area contributed by atoms with Gasteiger partial charge in [-0.3, -0.25) is 4.79 Å². The number of nitrogens with one attached hydrogen (secondary N) is 1. The van der Waals surface area contributed by atoms with E-state index in [4.69, 9.17) is 5.73 Å². The molecule has 8 nitrogen and oxygen atoms in total. The second-order valence-electron chi connectivity index (χ2n) is 4.74. The first-order chi connectivity index (χ1) is 10.8. The van der Waals surface area contributed by atoms with E-state index in [0.29, 0.717) is 5.69 Å². The normalized spacial score (nSPS) is 10.1. The minimum absolute atomic E-state index is 0.00190. The van der Waals surface area contributed by atoms with Crippen LogP contribution >= 0.6 is 0 Å². The molecule has 0 fully saturated rings. The van der Waals surface area contributed by atoms with E-state index < -0.39 is 29.2 Å². The van der Waals surface area contributed by atoms with Gasteiger partial charge in [0.1, 0.15) is 0 Å². The van der Waals surface area contributed by atoms with Crippen molar-refractivity contribution in [3.8, 4) is 17.2 Å². The van der Waals surface area contributed by atoms with E-state index >= 15 is 0 Å². The molecule has 23 heavy (non-hydrogen) atoms. The second-order valence-corrected chi connectivity index (χ2v) is 4.74. The molecule has 6 N–H and O–H groups in total. The molecular weight excluding hydrogens is 302 g/mol. The molecule has 8 heteroatoms. The molecule has 0 bridgehead atoms. The van der Waals surface area contributed by atoms with Crippen LogP contribution in [-0.2, 0) is 4.79 Å².